The number of ether oxygens (including phenoxy) is 2. The van der Waals surface area contributed by atoms with Gasteiger partial charge < -0.3 is 18.9 Å². The van der Waals surface area contributed by atoms with E-state index < -0.39 is 8.25 Å². The van der Waals surface area contributed by atoms with Gasteiger partial charge in [-0.15, -0.1) is 0 Å². The number of hydrogen-bond acceptors (Lipinski definition) is 4. The molecule has 0 aliphatic heterocycles. The summed E-state index contributed by atoms with van der Waals surface area (Å²) in [6, 6.07) is 5.15. The van der Waals surface area contributed by atoms with Crippen molar-refractivity contribution in [2.24, 2.45) is 0 Å². The summed E-state index contributed by atoms with van der Waals surface area (Å²) in [4.78, 5) is 8.51. The normalized spacial score (nSPS) is 12.2. The molecule has 1 unspecified atom stereocenters. The fourth-order valence-corrected chi connectivity index (χ4v) is 1.41. The molecule has 0 aliphatic carbocycles. The summed E-state index contributed by atoms with van der Waals surface area (Å²) in [6.07, 6.45) is 0. The third kappa shape index (κ3) is 3.55. The summed E-state index contributed by atoms with van der Waals surface area (Å²) in [5, 5.41) is 0. The SMILES string of the molecule is COc1ccc(CO[PH](=O)O)cc1OC. The van der Waals surface area contributed by atoms with Gasteiger partial charge in [0.15, 0.2) is 11.5 Å². The van der Waals surface area contributed by atoms with E-state index in [2.05, 4.69) is 4.52 Å². The maximum absolute atomic E-state index is 10.4. The first-order valence-corrected chi connectivity index (χ1v) is 5.50. The number of benzene rings is 1. The molecule has 0 saturated carbocycles. The Morgan fingerprint density at radius 2 is 1.93 bits per heavy atom. The summed E-state index contributed by atoms with van der Waals surface area (Å²) < 4.78 is 25.1. The molecular weight excluding hydrogens is 219 g/mol. The number of methoxy groups -OCH3 is 2. The Hall–Kier alpha value is -1.03. The van der Waals surface area contributed by atoms with E-state index in [1.54, 1.807) is 25.3 Å². The minimum atomic E-state index is -2.89. The molecule has 15 heavy (non-hydrogen) atoms. The van der Waals surface area contributed by atoms with Gasteiger partial charge in [-0.25, -0.2) is 0 Å². The van der Waals surface area contributed by atoms with Crippen LogP contribution in [0.15, 0.2) is 18.2 Å². The van der Waals surface area contributed by atoms with Crippen molar-refractivity contribution >= 4 is 8.25 Å². The van der Waals surface area contributed by atoms with Gasteiger partial charge in [-0.2, -0.15) is 0 Å². The van der Waals surface area contributed by atoms with Gasteiger partial charge in [0.2, 0.25) is 0 Å². The lowest BCUT2D eigenvalue weighted by atomic mass is 10.2. The van der Waals surface area contributed by atoms with Gasteiger partial charge in [-0.05, 0) is 17.7 Å². The molecule has 0 amide bonds. The van der Waals surface area contributed by atoms with E-state index >= 15 is 0 Å². The van der Waals surface area contributed by atoms with Crippen LogP contribution in [-0.4, -0.2) is 19.1 Å². The van der Waals surface area contributed by atoms with Gasteiger partial charge in [0.05, 0.1) is 20.8 Å². The summed E-state index contributed by atoms with van der Waals surface area (Å²) >= 11 is 0. The molecular formula is C9H13O5P. The zero-order valence-corrected chi connectivity index (χ0v) is 9.52. The smallest absolute Gasteiger partial charge is 0.316 e. The highest BCUT2D eigenvalue weighted by Crippen LogP contribution is 2.28. The molecule has 1 aromatic carbocycles. The van der Waals surface area contributed by atoms with Crippen molar-refractivity contribution in [2.75, 3.05) is 14.2 Å². The number of rotatable bonds is 5. The predicted octanol–water partition coefficient (Wildman–Crippen LogP) is 1.60. The molecule has 0 saturated heterocycles. The van der Waals surface area contributed by atoms with Crippen molar-refractivity contribution in [3.05, 3.63) is 23.8 Å². The molecule has 0 aliphatic rings. The van der Waals surface area contributed by atoms with Crippen LogP contribution < -0.4 is 9.47 Å². The second-order valence-corrected chi connectivity index (χ2v) is 3.56. The van der Waals surface area contributed by atoms with Crippen LogP contribution in [0.25, 0.3) is 0 Å². The fourth-order valence-electron chi connectivity index (χ4n) is 1.12. The highest BCUT2D eigenvalue weighted by molar-refractivity contribution is 7.32. The Labute approximate surface area is 88.5 Å². The minimum Gasteiger partial charge on any atom is -0.493 e. The van der Waals surface area contributed by atoms with E-state index in [9.17, 15) is 4.57 Å². The van der Waals surface area contributed by atoms with E-state index in [-0.39, 0.29) is 6.61 Å². The molecule has 84 valence electrons. The van der Waals surface area contributed by atoms with Crippen LogP contribution >= 0.6 is 8.25 Å². The van der Waals surface area contributed by atoms with Crippen LogP contribution in [0.5, 0.6) is 11.5 Å². The molecule has 1 atom stereocenters. The summed E-state index contributed by atoms with van der Waals surface area (Å²) in [6.45, 7) is 0.0780. The van der Waals surface area contributed by atoms with Crippen LogP contribution in [0.3, 0.4) is 0 Å². The Kier molecular flexibility index (Phi) is 4.62. The Bertz CT molecular complexity index is 352. The van der Waals surface area contributed by atoms with Gasteiger partial charge in [0, 0.05) is 0 Å². The Morgan fingerprint density at radius 3 is 2.47 bits per heavy atom. The van der Waals surface area contributed by atoms with Crippen molar-refractivity contribution in [3.63, 3.8) is 0 Å². The molecule has 1 rings (SSSR count). The second kappa shape index (κ2) is 5.75. The van der Waals surface area contributed by atoms with Gasteiger partial charge in [0.1, 0.15) is 0 Å². The van der Waals surface area contributed by atoms with Gasteiger partial charge in [-0.1, -0.05) is 6.07 Å². The quantitative estimate of drug-likeness (QED) is 0.781. The van der Waals surface area contributed by atoms with E-state index in [0.29, 0.717) is 11.5 Å². The van der Waals surface area contributed by atoms with Crippen molar-refractivity contribution < 1.29 is 23.5 Å². The van der Waals surface area contributed by atoms with Crippen molar-refractivity contribution in [1.82, 2.24) is 0 Å². The highest BCUT2D eigenvalue weighted by Gasteiger charge is 2.04. The molecule has 1 aromatic rings. The van der Waals surface area contributed by atoms with Crippen molar-refractivity contribution in [1.29, 1.82) is 0 Å². The lowest BCUT2D eigenvalue weighted by Crippen LogP contribution is -1.93. The van der Waals surface area contributed by atoms with Crippen LogP contribution in [0.2, 0.25) is 0 Å². The van der Waals surface area contributed by atoms with Crippen molar-refractivity contribution in [2.45, 2.75) is 6.61 Å². The zero-order valence-electron chi connectivity index (χ0n) is 8.52. The minimum absolute atomic E-state index is 0.0780. The molecule has 5 nitrogen and oxygen atoms in total. The first kappa shape index (κ1) is 12.0. The standard InChI is InChI=1S/C9H13O5P/c1-12-8-4-3-7(5-9(8)13-2)6-14-15(10)11/h3-5,15H,6H2,1-2H3,(H,10,11). The van der Waals surface area contributed by atoms with Crippen LogP contribution in [-0.2, 0) is 15.7 Å². The van der Waals surface area contributed by atoms with Gasteiger partial charge >= 0.3 is 8.25 Å². The maximum Gasteiger partial charge on any atom is 0.316 e. The summed E-state index contributed by atoms with van der Waals surface area (Å²) in [5.41, 5.74) is 0.750. The third-order valence-corrected chi connectivity index (χ3v) is 2.20. The van der Waals surface area contributed by atoms with E-state index in [0.717, 1.165) is 5.56 Å². The number of hydrogen-bond donors (Lipinski definition) is 1. The average Bonchev–Trinajstić information content (AvgIpc) is 2.25. The molecule has 0 bridgehead atoms. The van der Waals surface area contributed by atoms with E-state index in [1.165, 1.54) is 7.11 Å². The first-order chi connectivity index (χ1) is 7.17. The second-order valence-electron chi connectivity index (χ2n) is 2.74. The molecule has 0 spiro atoms. The zero-order chi connectivity index (χ0) is 11.3. The Morgan fingerprint density at radius 1 is 1.27 bits per heavy atom. The molecule has 1 N–H and O–H groups in total. The van der Waals surface area contributed by atoms with Gasteiger partial charge in [-0.3, -0.25) is 4.57 Å². The molecule has 0 fully saturated rings. The predicted molar refractivity (Wildman–Crippen MR) is 55.6 cm³/mol. The lowest BCUT2D eigenvalue weighted by Gasteiger charge is -2.09. The topological polar surface area (TPSA) is 65.0 Å². The van der Waals surface area contributed by atoms with E-state index in [4.69, 9.17) is 14.4 Å². The fraction of sp³-hybridized carbons (Fsp3) is 0.333. The largest absolute Gasteiger partial charge is 0.493 e. The third-order valence-electron chi connectivity index (χ3n) is 1.81. The molecule has 0 heterocycles. The average molecular weight is 232 g/mol. The maximum atomic E-state index is 10.4. The molecule has 0 aromatic heterocycles. The monoisotopic (exact) mass is 232 g/mol. The van der Waals surface area contributed by atoms with Crippen LogP contribution in [0.4, 0.5) is 0 Å². The highest BCUT2D eigenvalue weighted by atomic mass is 31.1. The lowest BCUT2D eigenvalue weighted by molar-refractivity contribution is 0.271. The van der Waals surface area contributed by atoms with Crippen molar-refractivity contribution in [3.8, 4) is 11.5 Å². The summed E-state index contributed by atoms with van der Waals surface area (Å²) in [5.74, 6) is 1.18. The van der Waals surface area contributed by atoms with Gasteiger partial charge in [0.25, 0.3) is 0 Å². The Balaban J connectivity index is 2.78. The molecule has 0 radical (unpaired) electrons. The van der Waals surface area contributed by atoms with Crippen LogP contribution in [0, 0.1) is 0 Å². The summed E-state index contributed by atoms with van der Waals surface area (Å²) in [7, 11) is 0.178. The van der Waals surface area contributed by atoms with Crippen LogP contribution in [0.1, 0.15) is 5.56 Å². The molecule has 6 heteroatoms. The first-order valence-electron chi connectivity index (χ1n) is 4.24. The van der Waals surface area contributed by atoms with E-state index in [1.807, 2.05) is 0 Å².